The minimum atomic E-state index is -1.09. The summed E-state index contributed by atoms with van der Waals surface area (Å²) in [4.78, 5) is 17.5. The predicted octanol–water partition coefficient (Wildman–Crippen LogP) is 7.10. The summed E-state index contributed by atoms with van der Waals surface area (Å²) in [6.07, 6.45) is 0. The molecule has 0 aliphatic heterocycles. The van der Waals surface area contributed by atoms with Crippen LogP contribution in [0.1, 0.15) is 13.8 Å². The van der Waals surface area contributed by atoms with Crippen LogP contribution in [0.5, 0.6) is 5.75 Å². The summed E-state index contributed by atoms with van der Waals surface area (Å²) in [5, 5.41) is 5.79. The zero-order valence-electron chi connectivity index (χ0n) is 18.1. The van der Waals surface area contributed by atoms with Crippen molar-refractivity contribution in [3.8, 4) is 17.2 Å². The molecule has 0 unspecified atom stereocenters. The van der Waals surface area contributed by atoms with Crippen molar-refractivity contribution < 1.29 is 13.9 Å². The van der Waals surface area contributed by atoms with Crippen LogP contribution in [-0.2, 0) is 4.79 Å². The molecule has 5 nitrogen and oxygen atoms in total. The second kappa shape index (κ2) is 8.26. The highest BCUT2D eigenvalue weighted by Gasteiger charge is 2.30. The summed E-state index contributed by atoms with van der Waals surface area (Å²) in [6, 6.07) is 26.5. The first kappa shape index (κ1) is 21.0. The van der Waals surface area contributed by atoms with Gasteiger partial charge in [0.05, 0.1) is 0 Å². The van der Waals surface area contributed by atoms with Crippen LogP contribution in [0.15, 0.2) is 89.3 Å². The van der Waals surface area contributed by atoms with Gasteiger partial charge in [-0.3, -0.25) is 4.79 Å². The van der Waals surface area contributed by atoms with E-state index in [1.54, 1.807) is 56.3 Å². The average Bonchev–Trinajstić information content (AvgIpc) is 3.23. The van der Waals surface area contributed by atoms with Gasteiger partial charge in [0.25, 0.3) is 5.91 Å². The largest absolute Gasteiger partial charge is 0.478 e. The molecule has 5 aromatic rings. The van der Waals surface area contributed by atoms with E-state index in [0.29, 0.717) is 33.4 Å². The maximum absolute atomic E-state index is 12.9. The van der Waals surface area contributed by atoms with Crippen molar-refractivity contribution in [1.29, 1.82) is 0 Å². The van der Waals surface area contributed by atoms with Crippen LogP contribution in [0.3, 0.4) is 0 Å². The third-order valence-corrected chi connectivity index (χ3v) is 5.63. The van der Waals surface area contributed by atoms with Crippen LogP contribution in [-0.4, -0.2) is 16.5 Å². The Bertz CT molecular complexity index is 1470. The second-order valence-electron chi connectivity index (χ2n) is 8.28. The fourth-order valence-electron chi connectivity index (χ4n) is 3.58. The van der Waals surface area contributed by atoms with Gasteiger partial charge in [-0.15, -0.1) is 0 Å². The van der Waals surface area contributed by atoms with Crippen molar-refractivity contribution in [2.45, 2.75) is 19.4 Å². The minimum Gasteiger partial charge on any atom is -0.478 e. The van der Waals surface area contributed by atoms with Gasteiger partial charge in [0.1, 0.15) is 11.3 Å². The van der Waals surface area contributed by atoms with Gasteiger partial charge in [0, 0.05) is 16.3 Å². The van der Waals surface area contributed by atoms with Gasteiger partial charge >= 0.3 is 0 Å². The van der Waals surface area contributed by atoms with E-state index in [0.717, 1.165) is 16.3 Å². The van der Waals surface area contributed by atoms with E-state index in [9.17, 15) is 4.79 Å². The lowest BCUT2D eigenvalue weighted by Crippen LogP contribution is -2.42. The number of halogens is 1. The molecule has 1 amide bonds. The van der Waals surface area contributed by atoms with Gasteiger partial charge in [-0.05, 0) is 79.2 Å². The SMILES string of the molecule is CC(C)(Oc1ccc(Cl)cc1)C(=O)Nc1ccc2oc(-c3ccc4ccccc4c3)nc2c1. The van der Waals surface area contributed by atoms with E-state index in [2.05, 4.69) is 28.5 Å². The van der Waals surface area contributed by atoms with E-state index in [1.807, 2.05) is 24.3 Å². The number of anilines is 1. The van der Waals surface area contributed by atoms with Crippen molar-refractivity contribution >= 4 is 45.1 Å². The molecule has 0 aliphatic rings. The predicted molar refractivity (Wildman–Crippen MR) is 132 cm³/mol. The Morgan fingerprint density at radius 2 is 1.70 bits per heavy atom. The molecule has 164 valence electrons. The van der Waals surface area contributed by atoms with Crippen molar-refractivity contribution in [2.75, 3.05) is 5.32 Å². The smallest absolute Gasteiger partial charge is 0.267 e. The zero-order valence-corrected chi connectivity index (χ0v) is 18.9. The lowest BCUT2D eigenvalue weighted by molar-refractivity contribution is -0.128. The normalized spacial score (nSPS) is 11.6. The molecule has 4 aromatic carbocycles. The van der Waals surface area contributed by atoms with Crippen molar-refractivity contribution in [1.82, 2.24) is 4.98 Å². The molecule has 0 radical (unpaired) electrons. The summed E-state index contributed by atoms with van der Waals surface area (Å²) in [5.74, 6) is 0.812. The highest BCUT2D eigenvalue weighted by Crippen LogP contribution is 2.29. The summed E-state index contributed by atoms with van der Waals surface area (Å²) < 4.78 is 11.8. The quantitative estimate of drug-likeness (QED) is 0.306. The van der Waals surface area contributed by atoms with Crippen molar-refractivity contribution in [2.24, 2.45) is 0 Å². The van der Waals surface area contributed by atoms with E-state index in [1.165, 1.54) is 0 Å². The van der Waals surface area contributed by atoms with Crippen LogP contribution >= 0.6 is 11.6 Å². The van der Waals surface area contributed by atoms with E-state index in [4.69, 9.17) is 20.8 Å². The first-order valence-corrected chi connectivity index (χ1v) is 10.9. The maximum Gasteiger partial charge on any atom is 0.267 e. The number of carbonyl (C=O) groups is 1. The Balaban J connectivity index is 1.36. The van der Waals surface area contributed by atoms with E-state index in [-0.39, 0.29) is 5.91 Å². The number of hydrogen-bond donors (Lipinski definition) is 1. The second-order valence-corrected chi connectivity index (χ2v) is 8.72. The Hall–Kier alpha value is -3.83. The Morgan fingerprint density at radius 3 is 2.48 bits per heavy atom. The molecule has 6 heteroatoms. The van der Waals surface area contributed by atoms with Gasteiger partial charge in [-0.1, -0.05) is 41.9 Å². The number of rotatable bonds is 5. The lowest BCUT2D eigenvalue weighted by Gasteiger charge is -2.25. The first-order valence-electron chi connectivity index (χ1n) is 10.5. The van der Waals surface area contributed by atoms with Crippen LogP contribution < -0.4 is 10.1 Å². The number of benzene rings is 4. The van der Waals surface area contributed by atoms with Crippen LogP contribution in [0.4, 0.5) is 5.69 Å². The van der Waals surface area contributed by atoms with Gasteiger partial charge in [-0.2, -0.15) is 0 Å². The maximum atomic E-state index is 12.9. The zero-order chi connectivity index (χ0) is 23.0. The number of hydrogen-bond acceptors (Lipinski definition) is 4. The topological polar surface area (TPSA) is 64.4 Å². The summed E-state index contributed by atoms with van der Waals surface area (Å²) in [5.41, 5.74) is 1.72. The molecule has 1 heterocycles. The highest BCUT2D eigenvalue weighted by atomic mass is 35.5. The van der Waals surface area contributed by atoms with Gasteiger partial charge in [0.2, 0.25) is 5.89 Å². The van der Waals surface area contributed by atoms with Gasteiger partial charge in [0.15, 0.2) is 11.2 Å². The number of aromatic nitrogens is 1. The fourth-order valence-corrected chi connectivity index (χ4v) is 3.70. The van der Waals surface area contributed by atoms with E-state index >= 15 is 0 Å². The summed E-state index contributed by atoms with van der Waals surface area (Å²) >= 11 is 5.92. The number of nitrogens with zero attached hydrogens (tertiary/aromatic N) is 1. The Kier molecular flexibility index (Phi) is 5.27. The van der Waals surface area contributed by atoms with Crippen LogP contribution in [0.25, 0.3) is 33.3 Å². The molecule has 0 spiro atoms. The van der Waals surface area contributed by atoms with E-state index < -0.39 is 5.60 Å². The molecule has 1 N–H and O–H groups in total. The van der Waals surface area contributed by atoms with Gasteiger partial charge < -0.3 is 14.5 Å². The monoisotopic (exact) mass is 456 g/mol. The molecule has 33 heavy (non-hydrogen) atoms. The molecule has 0 bridgehead atoms. The number of amides is 1. The van der Waals surface area contributed by atoms with Crippen molar-refractivity contribution in [3.05, 3.63) is 90.0 Å². The lowest BCUT2D eigenvalue weighted by atomic mass is 10.1. The van der Waals surface area contributed by atoms with Gasteiger partial charge in [-0.25, -0.2) is 4.98 Å². The fraction of sp³-hybridized carbons (Fsp3) is 0.111. The summed E-state index contributed by atoms with van der Waals surface area (Å²) in [7, 11) is 0. The minimum absolute atomic E-state index is 0.282. The number of ether oxygens (including phenoxy) is 1. The Morgan fingerprint density at radius 1 is 0.939 bits per heavy atom. The molecule has 1 aromatic heterocycles. The number of oxazole rings is 1. The molecule has 0 aliphatic carbocycles. The molecule has 0 atom stereocenters. The number of carbonyl (C=O) groups excluding carboxylic acids is 1. The summed E-state index contributed by atoms with van der Waals surface area (Å²) in [6.45, 7) is 3.42. The molecule has 0 saturated heterocycles. The average molecular weight is 457 g/mol. The number of fused-ring (bicyclic) bond motifs is 2. The molecule has 0 saturated carbocycles. The third-order valence-electron chi connectivity index (χ3n) is 5.38. The third kappa shape index (κ3) is 4.41. The molecule has 0 fully saturated rings. The van der Waals surface area contributed by atoms with Crippen LogP contribution in [0, 0.1) is 0 Å². The molecular weight excluding hydrogens is 436 g/mol. The Labute approximate surface area is 196 Å². The highest BCUT2D eigenvalue weighted by molar-refractivity contribution is 6.30. The molecular formula is C27H21ClN2O3. The molecule has 5 rings (SSSR count). The van der Waals surface area contributed by atoms with Crippen molar-refractivity contribution in [3.63, 3.8) is 0 Å². The van der Waals surface area contributed by atoms with Crippen LogP contribution in [0.2, 0.25) is 5.02 Å². The first-order chi connectivity index (χ1) is 15.9. The standard InChI is InChI=1S/C27H21ClN2O3/c1-27(2,33-22-12-9-20(28)10-13-22)26(31)29-21-11-14-24-23(16-21)30-25(32-24)19-8-7-17-5-3-4-6-18(17)15-19/h3-16H,1-2H3,(H,29,31). The number of nitrogens with one attached hydrogen (secondary N) is 1.